The number of hydrogen-bond donors (Lipinski definition) is 0. The van der Waals surface area contributed by atoms with Gasteiger partial charge in [0.15, 0.2) is 0 Å². The molecule has 1 aliphatic carbocycles. The van der Waals surface area contributed by atoms with E-state index in [0.29, 0.717) is 0 Å². The second kappa shape index (κ2) is 10.7. The minimum absolute atomic E-state index is 0. The number of likely N-dealkylation sites (tertiary alicyclic amines) is 1. The summed E-state index contributed by atoms with van der Waals surface area (Å²) in [4.78, 5) is 2.66. The maximum atomic E-state index is 5.95. The molecule has 2 fully saturated rings. The molecule has 0 radical (unpaired) electrons. The molecule has 1 aromatic carbocycles. The van der Waals surface area contributed by atoms with Crippen molar-refractivity contribution in [2.75, 3.05) is 19.6 Å². The molecule has 2 aliphatic rings. The van der Waals surface area contributed by atoms with Crippen molar-refractivity contribution in [3.8, 4) is 0 Å². The molecule has 1 nitrogen and oxygen atoms in total. The van der Waals surface area contributed by atoms with Gasteiger partial charge in [0.05, 0.1) is 0 Å². The predicted molar refractivity (Wildman–Crippen MR) is 107 cm³/mol. The summed E-state index contributed by atoms with van der Waals surface area (Å²) in [7, 11) is 0. The number of halogens is 2. The lowest BCUT2D eigenvalue weighted by Gasteiger charge is -2.33. The van der Waals surface area contributed by atoms with Crippen molar-refractivity contribution in [1.82, 2.24) is 4.90 Å². The average molecular weight is 370 g/mol. The summed E-state index contributed by atoms with van der Waals surface area (Å²) >= 11 is 5.95. The lowest BCUT2D eigenvalue weighted by Crippen LogP contribution is -2.35. The van der Waals surface area contributed by atoms with Gasteiger partial charge in [-0.05, 0) is 61.9 Å². The van der Waals surface area contributed by atoms with Gasteiger partial charge in [-0.25, -0.2) is 0 Å². The van der Waals surface area contributed by atoms with E-state index < -0.39 is 0 Å². The molecule has 136 valence electrons. The number of benzene rings is 1. The van der Waals surface area contributed by atoms with Crippen LogP contribution < -0.4 is 0 Å². The van der Waals surface area contributed by atoms with Crippen LogP contribution >= 0.6 is 24.0 Å². The van der Waals surface area contributed by atoms with E-state index in [9.17, 15) is 0 Å². The smallest absolute Gasteiger partial charge is 0.0406 e. The minimum atomic E-state index is 0. The Morgan fingerprint density at radius 2 is 1.42 bits per heavy atom. The standard InChI is InChI=1S/C21H32ClN.ClH/c22-21-10-8-19(9-11-21)12-15-23-16-13-20(14-17-23)7-6-18-4-2-1-3-5-18;/h8-11,18,20H,1-7,12-17H2;1H. The third kappa shape index (κ3) is 6.58. The molecule has 0 spiro atoms. The molecule has 0 N–H and O–H groups in total. The molecule has 1 heterocycles. The van der Waals surface area contributed by atoms with Gasteiger partial charge in [-0.3, -0.25) is 0 Å². The molecule has 3 rings (SSSR count). The van der Waals surface area contributed by atoms with Crippen LogP contribution in [0.25, 0.3) is 0 Å². The van der Waals surface area contributed by atoms with E-state index >= 15 is 0 Å². The Morgan fingerprint density at radius 1 is 0.833 bits per heavy atom. The summed E-state index contributed by atoms with van der Waals surface area (Å²) in [6.07, 6.45) is 14.5. The Morgan fingerprint density at radius 3 is 2.04 bits per heavy atom. The fraction of sp³-hybridized carbons (Fsp3) is 0.714. The Bertz CT molecular complexity index is 445. The maximum absolute atomic E-state index is 5.95. The average Bonchev–Trinajstić information content (AvgIpc) is 2.61. The Hall–Kier alpha value is -0.240. The second-order valence-corrected chi connectivity index (χ2v) is 8.18. The highest BCUT2D eigenvalue weighted by atomic mass is 35.5. The Kier molecular flexibility index (Phi) is 8.94. The Labute approximate surface area is 159 Å². The summed E-state index contributed by atoms with van der Waals surface area (Å²) in [5, 5.41) is 0.840. The normalized spacial score (nSPS) is 20.7. The van der Waals surface area contributed by atoms with Crippen LogP contribution in [0.3, 0.4) is 0 Å². The van der Waals surface area contributed by atoms with Gasteiger partial charge in [-0.1, -0.05) is 68.7 Å². The third-order valence-electron chi connectivity index (χ3n) is 6.05. The molecule has 0 bridgehead atoms. The summed E-state index contributed by atoms with van der Waals surface area (Å²) in [5.41, 5.74) is 1.41. The van der Waals surface area contributed by atoms with Crippen molar-refractivity contribution in [2.45, 2.75) is 64.2 Å². The van der Waals surface area contributed by atoms with Crippen molar-refractivity contribution in [3.05, 3.63) is 34.9 Å². The highest BCUT2D eigenvalue weighted by molar-refractivity contribution is 6.30. The van der Waals surface area contributed by atoms with Crippen molar-refractivity contribution in [2.24, 2.45) is 11.8 Å². The number of hydrogen-bond acceptors (Lipinski definition) is 1. The first-order valence-corrected chi connectivity index (χ1v) is 10.1. The van der Waals surface area contributed by atoms with Crippen molar-refractivity contribution < 1.29 is 0 Å². The van der Waals surface area contributed by atoms with Crippen LogP contribution in [0.15, 0.2) is 24.3 Å². The first kappa shape index (κ1) is 20.1. The zero-order valence-electron chi connectivity index (χ0n) is 14.9. The summed E-state index contributed by atoms with van der Waals surface area (Å²) < 4.78 is 0. The highest BCUT2D eigenvalue weighted by Crippen LogP contribution is 2.31. The van der Waals surface area contributed by atoms with Crippen LogP contribution in [-0.2, 0) is 6.42 Å². The fourth-order valence-corrected chi connectivity index (χ4v) is 4.51. The van der Waals surface area contributed by atoms with Crippen molar-refractivity contribution in [1.29, 1.82) is 0 Å². The van der Waals surface area contributed by atoms with E-state index in [1.807, 2.05) is 12.1 Å². The highest BCUT2D eigenvalue weighted by Gasteiger charge is 2.21. The third-order valence-corrected chi connectivity index (χ3v) is 6.30. The van der Waals surface area contributed by atoms with Crippen LogP contribution in [0.5, 0.6) is 0 Å². The van der Waals surface area contributed by atoms with Crippen molar-refractivity contribution in [3.63, 3.8) is 0 Å². The molecule has 24 heavy (non-hydrogen) atoms. The minimum Gasteiger partial charge on any atom is -0.303 e. The van der Waals surface area contributed by atoms with Crippen LogP contribution in [0, 0.1) is 11.8 Å². The molecule has 1 aromatic rings. The first-order valence-electron chi connectivity index (χ1n) is 9.76. The second-order valence-electron chi connectivity index (χ2n) is 7.74. The summed E-state index contributed by atoms with van der Waals surface area (Å²) in [6.45, 7) is 3.82. The fourth-order valence-electron chi connectivity index (χ4n) is 4.38. The lowest BCUT2D eigenvalue weighted by molar-refractivity contribution is 0.172. The van der Waals surface area contributed by atoms with Gasteiger partial charge in [0.25, 0.3) is 0 Å². The molecule has 0 unspecified atom stereocenters. The predicted octanol–water partition coefficient (Wildman–Crippen LogP) is 6.38. The van der Waals surface area contributed by atoms with Gasteiger partial charge in [0.1, 0.15) is 0 Å². The zero-order chi connectivity index (χ0) is 15.9. The van der Waals surface area contributed by atoms with Crippen molar-refractivity contribution >= 4 is 24.0 Å². The maximum Gasteiger partial charge on any atom is 0.0406 e. The van der Waals surface area contributed by atoms with Gasteiger partial charge < -0.3 is 4.90 Å². The van der Waals surface area contributed by atoms with Crippen LogP contribution in [0.4, 0.5) is 0 Å². The van der Waals surface area contributed by atoms with Gasteiger partial charge in [-0.15, -0.1) is 12.4 Å². The van der Waals surface area contributed by atoms with E-state index in [1.165, 1.54) is 83.0 Å². The first-order chi connectivity index (χ1) is 11.3. The van der Waals surface area contributed by atoms with E-state index in [0.717, 1.165) is 23.3 Å². The van der Waals surface area contributed by atoms with Gasteiger partial charge in [0.2, 0.25) is 0 Å². The van der Waals surface area contributed by atoms with E-state index in [4.69, 9.17) is 11.6 Å². The number of rotatable bonds is 6. The molecular weight excluding hydrogens is 337 g/mol. The molecule has 3 heteroatoms. The van der Waals surface area contributed by atoms with Crippen LogP contribution in [0.2, 0.25) is 5.02 Å². The largest absolute Gasteiger partial charge is 0.303 e. The molecule has 1 saturated heterocycles. The molecule has 1 aliphatic heterocycles. The zero-order valence-corrected chi connectivity index (χ0v) is 16.5. The van der Waals surface area contributed by atoms with Gasteiger partial charge in [-0.2, -0.15) is 0 Å². The van der Waals surface area contributed by atoms with Crippen LogP contribution in [-0.4, -0.2) is 24.5 Å². The monoisotopic (exact) mass is 369 g/mol. The molecular formula is C21H33Cl2N. The topological polar surface area (TPSA) is 3.24 Å². The van der Waals surface area contributed by atoms with E-state index in [2.05, 4.69) is 17.0 Å². The summed E-state index contributed by atoms with van der Waals surface area (Å²) in [5.74, 6) is 2.07. The van der Waals surface area contributed by atoms with Gasteiger partial charge in [0, 0.05) is 11.6 Å². The number of piperidine rings is 1. The molecule has 0 aromatic heterocycles. The van der Waals surface area contributed by atoms with Gasteiger partial charge >= 0.3 is 0 Å². The SMILES string of the molecule is Cl.Clc1ccc(CCN2CCC(CCC3CCCCC3)CC2)cc1. The Balaban J connectivity index is 0.00000208. The van der Waals surface area contributed by atoms with E-state index in [-0.39, 0.29) is 12.4 Å². The van der Waals surface area contributed by atoms with E-state index in [1.54, 1.807) is 0 Å². The number of nitrogens with zero attached hydrogens (tertiary/aromatic N) is 1. The summed E-state index contributed by atoms with van der Waals surface area (Å²) in [6, 6.07) is 8.35. The quantitative estimate of drug-likeness (QED) is 0.562. The molecule has 0 amide bonds. The molecule has 0 atom stereocenters. The molecule has 1 saturated carbocycles. The van der Waals surface area contributed by atoms with Crippen LogP contribution in [0.1, 0.15) is 63.4 Å². The lowest BCUT2D eigenvalue weighted by atomic mass is 9.82.